The predicted molar refractivity (Wildman–Crippen MR) is 86.0 cm³/mol. The quantitative estimate of drug-likeness (QED) is 0.842. The number of nitrogens with two attached hydrogens (primary N) is 1. The fourth-order valence-corrected chi connectivity index (χ4v) is 2.16. The van der Waals surface area contributed by atoms with Crippen molar-refractivity contribution in [2.45, 2.75) is 33.1 Å². The first kappa shape index (κ1) is 14.4. The molecular formula is C17H23N3. The van der Waals surface area contributed by atoms with Crippen LogP contribution in [-0.4, -0.2) is 11.5 Å². The number of nitrogens with zero attached hydrogens (tertiary/aromatic N) is 1. The maximum Gasteiger partial charge on any atom is 0.126 e. The molecule has 0 atom stereocenters. The first-order valence-electron chi connectivity index (χ1n) is 7.23. The summed E-state index contributed by atoms with van der Waals surface area (Å²) in [7, 11) is 0. The third-order valence-corrected chi connectivity index (χ3v) is 3.43. The zero-order chi connectivity index (χ0) is 14.4. The van der Waals surface area contributed by atoms with Gasteiger partial charge in [-0.1, -0.05) is 37.6 Å². The van der Waals surface area contributed by atoms with Gasteiger partial charge in [0.15, 0.2) is 0 Å². The van der Waals surface area contributed by atoms with E-state index in [1.54, 1.807) is 6.20 Å². The Morgan fingerprint density at radius 1 is 1.10 bits per heavy atom. The summed E-state index contributed by atoms with van der Waals surface area (Å²) in [6.07, 6.45) is 5.06. The molecule has 2 rings (SSSR count). The Kier molecular flexibility index (Phi) is 4.99. The fraction of sp³-hybridized carbons (Fsp3) is 0.353. The molecule has 0 spiro atoms. The average Bonchev–Trinajstić information content (AvgIpc) is 2.45. The topological polar surface area (TPSA) is 50.9 Å². The lowest BCUT2D eigenvalue weighted by Crippen LogP contribution is -2.07. The number of benzene rings is 1. The number of rotatable bonds is 6. The van der Waals surface area contributed by atoms with Gasteiger partial charge in [-0.25, -0.2) is 4.98 Å². The number of hydrogen-bond donors (Lipinski definition) is 2. The molecule has 0 radical (unpaired) electrons. The van der Waals surface area contributed by atoms with Crippen molar-refractivity contribution in [3.8, 4) is 0 Å². The molecule has 0 fully saturated rings. The van der Waals surface area contributed by atoms with Crippen LogP contribution in [0.5, 0.6) is 0 Å². The van der Waals surface area contributed by atoms with Gasteiger partial charge in [0.1, 0.15) is 5.82 Å². The van der Waals surface area contributed by atoms with Crippen LogP contribution in [0, 0.1) is 6.92 Å². The smallest absolute Gasteiger partial charge is 0.126 e. The summed E-state index contributed by atoms with van der Waals surface area (Å²) >= 11 is 0. The highest BCUT2D eigenvalue weighted by Gasteiger charge is 1.99. The van der Waals surface area contributed by atoms with Crippen LogP contribution in [0.25, 0.3) is 0 Å². The summed E-state index contributed by atoms with van der Waals surface area (Å²) in [5.74, 6) is 0.888. The van der Waals surface area contributed by atoms with Gasteiger partial charge in [-0.3, -0.25) is 0 Å². The van der Waals surface area contributed by atoms with Crippen LogP contribution in [0.15, 0.2) is 36.5 Å². The molecule has 0 amide bonds. The van der Waals surface area contributed by atoms with Crippen molar-refractivity contribution in [3.63, 3.8) is 0 Å². The second kappa shape index (κ2) is 6.94. The van der Waals surface area contributed by atoms with E-state index < -0.39 is 0 Å². The molecule has 0 aliphatic heterocycles. The minimum Gasteiger partial charge on any atom is -0.397 e. The van der Waals surface area contributed by atoms with Crippen molar-refractivity contribution in [2.24, 2.45) is 0 Å². The summed E-state index contributed by atoms with van der Waals surface area (Å²) in [5, 5.41) is 3.33. The van der Waals surface area contributed by atoms with Crippen LogP contribution in [0.2, 0.25) is 0 Å². The van der Waals surface area contributed by atoms with Crippen molar-refractivity contribution < 1.29 is 0 Å². The van der Waals surface area contributed by atoms with Crippen molar-refractivity contribution in [1.29, 1.82) is 0 Å². The molecule has 0 unspecified atom stereocenters. The van der Waals surface area contributed by atoms with Crippen LogP contribution in [0.1, 0.15) is 30.0 Å². The van der Waals surface area contributed by atoms with E-state index in [1.807, 2.05) is 13.0 Å². The fourth-order valence-electron chi connectivity index (χ4n) is 2.16. The summed E-state index contributed by atoms with van der Waals surface area (Å²) in [4.78, 5) is 4.27. The van der Waals surface area contributed by atoms with E-state index in [4.69, 9.17) is 5.73 Å². The van der Waals surface area contributed by atoms with Crippen molar-refractivity contribution in [2.75, 3.05) is 17.6 Å². The van der Waals surface area contributed by atoms with Crippen molar-refractivity contribution in [1.82, 2.24) is 4.98 Å². The van der Waals surface area contributed by atoms with Gasteiger partial charge in [0.25, 0.3) is 0 Å². The number of aromatic nitrogens is 1. The molecule has 1 aromatic heterocycles. The van der Waals surface area contributed by atoms with E-state index >= 15 is 0 Å². The van der Waals surface area contributed by atoms with Gasteiger partial charge < -0.3 is 11.1 Å². The van der Waals surface area contributed by atoms with Gasteiger partial charge >= 0.3 is 0 Å². The number of aryl methyl sites for hydroxylation is 2. The zero-order valence-corrected chi connectivity index (χ0v) is 12.3. The highest BCUT2D eigenvalue weighted by molar-refractivity contribution is 5.50. The molecule has 20 heavy (non-hydrogen) atoms. The lowest BCUT2D eigenvalue weighted by molar-refractivity contribution is 0.918. The molecule has 3 N–H and O–H groups in total. The van der Waals surface area contributed by atoms with E-state index in [9.17, 15) is 0 Å². The highest BCUT2D eigenvalue weighted by Crippen LogP contribution is 2.13. The van der Waals surface area contributed by atoms with E-state index in [2.05, 4.69) is 41.5 Å². The Hall–Kier alpha value is -2.03. The minimum atomic E-state index is 0.738. The molecule has 3 heteroatoms. The van der Waals surface area contributed by atoms with Gasteiger partial charge in [-0.2, -0.15) is 0 Å². The lowest BCUT2D eigenvalue weighted by Gasteiger charge is -2.08. The lowest BCUT2D eigenvalue weighted by atomic mass is 10.1. The summed E-state index contributed by atoms with van der Waals surface area (Å²) in [6.45, 7) is 5.08. The molecular weight excluding hydrogens is 246 g/mol. The summed E-state index contributed by atoms with van der Waals surface area (Å²) in [5.41, 5.74) is 10.3. The van der Waals surface area contributed by atoms with Gasteiger partial charge in [-0.15, -0.1) is 0 Å². The average molecular weight is 269 g/mol. The Morgan fingerprint density at radius 2 is 1.75 bits per heavy atom. The number of pyridine rings is 1. The summed E-state index contributed by atoms with van der Waals surface area (Å²) in [6, 6.07) is 10.9. The van der Waals surface area contributed by atoms with Gasteiger partial charge in [0.05, 0.1) is 11.9 Å². The zero-order valence-electron chi connectivity index (χ0n) is 12.3. The third kappa shape index (κ3) is 3.98. The summed E-state index contributed by atoms with van der Waals surface area (Å²) < 4.78 is 0. The SMILES string of the molecule is CCCc1ccc(CCNc2cc(C)c(N)cn2)cc1. The first-order chi connectivity index (χ1) is 9.69. The maximum atomic E-state index is 5.76. The second-order valence-corrected chi connectivity index (χ2v) is 5.17. The van der Waals surface area contributed by atoms with Crippen LogP contribution in [-0.2, 0) is 12.8 Å². The Morgan fingerprint density at radius 3 is 2.35 bits per heavy atom. The number of hydrogen-bond acceptors (Lipinski definition) is 3. The van der Waals surface area contributed by atoms with Crippen LogP contribution >= 0.6 is 0 Å². The van der Waals surface area contributed by atoms with Gasteiger partial charge in [0.2, 0.25) is 0 Å². The van der Waals surface area contributed by atoms with Crippen LogP contribution in [0.4, 0.5) is 11.5 Å². The third-order valence-electron chi connectivity index (χ3n) is 3.43. The van der Waals surface area contributed by atoms with E-state index in [-0.39, 0.29) is 0 Å². The molecule has 0 bridgehead atoms. The highest BCUT2D eigenvalue weighted by atomic mass is 15.0. The van der Waals surface area contributed by atoms with Crippen LogP contribution in [0.3, 0.4) is 0 Å². The molecule has 1 heterocycles. The predicted octanol–water partition coefficient (Wildman–Crippen LogP) is 3.58. The molecule has 3 nitrogen and oxygen atoms in total. The number of nitrogens with one attached hydrogen (secondary N) is 1. The van der Waals surface area contributed by atoms with Crippen LogP contribution < -0.4 is 11.1 Å². The molecule has 1 aromatic carbocycles. The Bertz CT molecular complexity index is 547. The Labute approximate surface area is 121 Å². The van der Waals surface area contributed by atoms with E-state index in [0.717, 1.165) is 36.5 Å². The molecule has 0 saturated carbocycles. The molecule has 0 aliphatic rings. The van der Waals surface area contributed by atoms with Crippen molar-refractivity contribution in [3.05, 3.63) is 53.2 Å². The standard InChI is InChI=1S/C17H23N3/c1-3-4-14-5-7-15(8-6-14)9-10-19-17-11-13(2)16(18)12-20-17/h5-8,11-12H,3-4,9-10,18H2,1-2H3,(H,19,20). The molecule has 0 aliphatic carbocycles. The molecule has 106 valence electrons. The van der Waals surface area contributed by atoms with E-state index in [1.165, 1.54) is 17.5 Å². The monoisotopic (exact) mass is 269 g/mol. The first-order valence-corrected chi connectivity index (χ1v) is 7.23. The Balaban J connectivity index is 1.84. The largest absolute Gasteiger partial charge is 0.397 e. The second-order valence-electron chi connectivity index (χ2n) is 5.17. The van der Waals surface area contributed by atoms with Gasteiger partial charge in [-0.05, 0) is 42.5 Å². The molecule has 2 aromatic rings. The number of anilines is 2. The number of nitrogen functional groups attached to an aromatic ring is 1. The maximum absolute atomic E-state index is 5.76. The minimum absolute atomic E-state index is 0.738. The van der Waals surface area contributed by atoms with E-state index in [0.29, 0.717) is 0 Å². The molecule has 0 saturated heterocycles. The normalized spacial score (nSPS) is 10.5. The van der Waals surface area contributed by atoms with Crippen molar-refractivity contribution >= 4 is 11.5 Å². The van der Waals surface area contributed by atoms with Gasteiger partial charge in [0, 0.05) is 6.54 Å².